The summed E-state index contributed by atoms with van der Waals surface area (Å²) in [6.07, 6.45) is 10.4. The zero-order valence-corrected chi connectivity index (χ0v) is 21.0. The summed E-state index contributed by atoms with van der Waals surface area (Å²) in [6, 6.07) is 15.8. The SMILES string of the molecule is Cl.Fc1ccc(COC2CC3CCC(C2)N3)cc1.Fc1ccc(COC2CC3CCC(C2)N3)cc1. The van der Waals surface area contributed by atoms with Gasteiger partial charge in [-0.2, -0.15) is 0 Å². The molecule has 35 heavy (non-hydrogen) atoms. The zero-order chi connectivity index (χ0) is 23.3. The van der Waals surface area contributed by atoms with Crippen LogP contribution >= 0.6 is 12.4 Å². The number of nitrogens with one attached hydrogen (secondary N) is 2. The first-order valence-corrected chi connectivity index (χ1v) is 12.8. The predicted octanol–water partition coefficient (Wildman–Crippen LogP) is 5.67. The van der Waals surface area contributed by atoms with E-state index in [0.29, 0.717) is 49.6 Å². The second kappa shape index (κ2) is 12.6. The fraction of sp³-hybridized carbons (Fsp3) is 0.571. The fourth-order valence-corrected chi connectivity index (χ4v) is 5.87. The van der Waals surface area contributed by atoms with E-state index in [-0.39, 0.29) is 24.0 Å². The maximum absolute atomic E-state index is 12.7. The highest BCUT2D eigenvalue weighted by atomic mass is 35.5. The highest BCUT2D eigenvalue weighted by Gasteiger charge is 2.34. The summed E-state index contributed by atoms with van der Waals surface area (Å²) in [5.41, 5.74) is 2.11. The second-order valence-electron chi connectivity index (χ2n) is 10.3. The Labute approximate surface area is 213 Å². The lowest BCUT2D eigenvalue weighted by molar-refractivity contribution is 0.00899. The quantitative estimate of drug-likeness (QED) is 0.529. The molecular formula is C28H37ClF2N2O2. The zero-order valence-electron chi connectivity index (χ0n) is 20.1. The van der Waals surface area contributed by atoms with Gasteiger partial charge < -0.3 is 20.1 Å². The van der Waals surface area contributed by atoms with Crippen LogP contribution in [0.1, 0.15) is 62.5 Å². The Kier molecular flexibility index (Phi) is 9.53. The van der Waals surface area contributed by atoms with Gasteiger partial charge in [-0.1, -0.05) is 24.3 Å². The lowest BCUT2D eigenvalue weighted by atomic mass is 10.0. The predicted molar refractivity (Wildman–Crippen MR) is 136 cm³/mol. The first-order valence-electron chi connectivity index (χ1n) is 12.8. The molecule has 7 heteroatoms. The van der Waals surface area contributed by atoms with Crippen molar-refractivity contribution in [1.29, 1.82) is 0 Å². The van der Waals surface area contributed by atoms with Crippen LogP contribution in [0.25, 0.3) is 0 Å². The first-order chi connectivity index (χ1) is 16.6. The van der Waals surface area contributed by atoms with Gasteiger partial charge in [0.1, 0.15) is 11.6 Å². The minimum atomic E-state index is -0.186. The van der Waals surface area contributed by atoms with Gasteiger partial charge in [-0.25, -0.2) is 8.78 Å². The van der Waals surface area contributed by atoms with E-state index in [0.717, 1.165) is 36.8 Å². The Bertz CT molecular complexity index is 815. The number of halogens is 3. The lowest BCUT2D eigenvalue weighted by Crippen LogP contribution is -2.41. The molecule has 4 unspecified atom stereocenters. The molecule has 0 spiro atoms. The smallest absolute Gasteiger partial charge is 0.123 e. The standard InChI is InChI=1S/2C14H18FNO.ClH/c2*15-11-3-1-10(2-4-11)9-17-14-7-12-5-6-13(8-14)16-12;/h2*1-4,12-14,16H,5-9H2;1H. The average Bonchev–Trinajstić information content (AvgIpc) is 3.38. The molecule has 0 radical (unpaired) electrons. The summed E-state index contributed by atoms with van der Waals surface area (Å²) in [5, 5.41) is 7.19. The summed E-state index contributed by atoms with van der Waals surface area (Å²) in [5.74, 6) is -0.373. The Balaban J connectivity index is 0.000000160. The van der Waals surface area contributed by atoms with Crippen molar-refractivity contribution in [2.24, 2.45) is 0 Å². The van der Waals surface area contributed by atoms with Crippen LogP contribution in [-0.2, 0) is 22.7 Å². The molecule has 4 saturated heterocycles. The van der Waals surface area contributed by atoms with Gasteiger partial charge >= 0.3 is 0 Å². The van der Waals surface area contributed by atoms with Crippen molar-refractivity contribution in [1.82, 2.24) is 10.6 Å². The van der Waals surface area contributed by atoms with E-state index in [9.17, 15) is 8.78 Å². The molecule has 0 amide bonds. The fourth-order valence-electron chi connectivity index (χ4n) is 5.87. The van der Waals surface area contributed by atoms with Crippen molar-refractivity contribution in [2.45, 2.75) is 101 Å². The van der Waals surface area contributed by atoms with Crippen molar-refractivity contribution in [3.05, 3.63) is 71.3 Å². The molecule has 4 atom stereocenters. The highest BCUT2D eigenvalue weighted by Crippen LogP contribution is 2.30. The third kappa shape index (κ3) is 7.70. The van der Waals surface area contributed by atoms with Crippen LogP contribution in [0.4, 0.5) is 8.78 Å². The molecule has 4 bridgehead atoms. The average molecular weight is 507 g/mol. The summed E-state index contributed by atoms with van der Waals surface area (Å²) in [4.78, 5) is 0. The topological polar surface area (TPSA) is 42.5 Å². The minimum Gasteiger partial charge on any atom is -0.373 e. The molecular weight excluding hydrogens is 470 g/mol. The van der Waals surface area contributed by atoms with Crippen LogP contribution in [0, 0.1) is 11.6 Å². The van der Waals surface area contributed by atoms with Crippen LogP contribution in [-0.4, -0.2) is 36.4 Å². The van der Waals surface area contributed by atoms with Crippen LogP contribution in [0.15, 0.2) is 48.5 Å². The normalized spacial score (nSPS) is 30.8. The second-order valence-corrected chi connectivity index (χ2v) is 10.3. The third-order valence-electron chi connectivity index (χ3n) is 7.66. The molecule has 4 heterocycles. The van der Waals surface area contributed by atoms with Gasteiger partial charge in [-0.3, -0.25) is 0 Å². The van der Waals surface area contributed by atoms with Crippen molar-refractivity contribution >= 4 is 12.4 Å². The van der Waals surface area contributed by atoms with E-state index in [1.54, 1.807) is 24.3 Å². The molecule has 0 aliphatic carbocycles. The van der Waals surface area contributed by atoms with Gasteiger partial charge in [0.05, 0.1) is 25.4 Å². The first kappa shape index (κ1) is 26.5. The van der Waals surface area contributed by atoms with Crippen molar-refractivity contribution in [3.63, 3.8) is 0 Å². The number of ether oxygens (including phenoxy) is 2. The van der Waals surface area contributed by atoms with E-state index in [4.69, 9.17) is 9.47 Å². The van der Waals surface area contributed by atoms with E-state index in [1.165, 1.54) is 49.9 Å². The number of rotatable bonds is 6. The third-order valence-corrected chi connectivity index (χ3v) is 7.66. The molecule has 4 nitrogen and oxygen atoms in total. The molecule has 4 aliphatic heterocycles. The van der Waals surface area contributed by atoms with Gasteiger partial charge in [-0.05, 0) is 86.8 Å². The lowest BCUT2D eigenvalue weighted by Gasteiger charge is -2.29. The number of hydrogen-bond acceptors (Lipinski definition) is 4. The number of benzene rings is 2. The van der Waals surface area contributed by atoms with E-state index in [1.807, 2.05) is 0 Å². The Morgan fingerprint density at radius 3 is 1.20 bits per heavy atom. The van der Waals surface area contributed by atoms with Crippen LogP contribution in [0.5, 0.6) is 0 Å². The summed E-state index contributed by atoms with van der Waals surface area (Å²) < 4.78 is 37.3. The van der Waals surface area contributed by atoms with Crippen molar-refractivity contribution in [3.8, 4) is 0 Å². The summed E-state index contributed by atoms with van der Waals surface area (Å²) in [7, 11) is 0. The molecule has 4 aliphatic rings. The molecule has 2 N–H and O–H groups in total. The van der Waals surface area contributed by atoms with Gasteiger partial charge in [0.25, 0.3) is 0 Å². The molecule has 4 fully saturated rings. The molecule has 2 aromatic carbocycles. The molecule has 2 aromatic rings. The van der Waals surface area contributed by atoms with E-state index in [2.05, 4.69) is 10.6 Å². The summed E-state index contributed by atoms with van der Waals surface area (Å²) >= 11 is 0. The monoisotopic (exact) mass is 506 g/mol. The minimum absolute atomic E-state index is 0. The van der Waals surface area contributed by atoms with Crippen molar-refractivity contribution < 1.29 is 18.3 Å². The highest BCUT2D eigenvalue weighted by molar-refractivity contribution is 5.85. The largest absolute Gasteiger partial charge is 0.373 e. The van der Waals surface area contributed by atoms with Crippen LogP contribution in [0.3, 0.4) is 0 Å². The van der Waals surface area contributed by atoms with Gasteiger partial charge in [0.2, 0.25) is 0 Å². The number of fused-ring (bicyclic) bond motifs is 4. The van der Waals surface area contributed by atoms with Crippen LogP contribution < -0.4 is 10.6 Å². The Morgan fingerprint density at radius 2 is 0.886 bits per heavy atom. The maximum Gasteiger partial charge on any atom is 0.123 e. The van der Waals surface area contributed by atoms with Gasteiger partial charge in [0, 0.05) is 24.2 Å². The van der Waals surface area contributed by atoms with Gasteiger partial charge in [-0.15, -0.1) is 12.4 Å². The molecule has 192 valence electrons. The Morgan fingerprint density at radius 1 is 0.571 bits per heavy atom. The number of hydrogen-bond donors (Lipinski definition) is 2. The van der Waals surface area contributed by atoms with E-state index >= 15 is 0 Å². The maximum atomic E-state index is 12.7. The molecule has 0 saturated carbocycles. The van der Waals surface area contributed by atoms with Crippen LogP contribution in [0.2, 0.25) is 0 Å². The summed E-state index contributed by atoms with van der Waals surface area (Å²) in [6.45, 7) is 1.20. The Hall–Kier alpha value is -1.57. The van der Waals surface area contributed by atoms with E-state index < -0.39 is 0 Å². The number of piperidine rings is 2. The molecule has 0 aromatic heterocycles. The van der Waals surface area contributed by atoms with Crippen molar-refractivity contribution in [2.75, 3.05) is 0 Å². The molecule has 6 rings (SSSR count). The van der Waals surface area contributed by atoms with Gasteiger partial charge in [0.15, 0.2) is 0 Å².